The van der Waals surface area contributed by atoms with Crippen LogP contribution >= 0.6 is 0 Å². The van der Waals surface area contributed by atoms with Crippen LogP contribution in [0.2, 0.25) is 0 Å². The summed E-state index contributed by atoms with van der Waals surface area (Å²) in [6.45, 7) is 12.1. The zero-order valence-electron chi connectivity index (χ0n) is 11.8. The molecule has 0 aromatic carbocycles. The Morgan fingerprint density at radius 3 is 2.35 bits per heavy atom. The van der Waals surface area contributed by atoms with Gasteiger partial charge in [0, 0.05) is 19.0 Å². The van der Waals surface area contributed by atoms with E-state index in [4.69, 9.17) is 4.74 Å². The van der Waals surface area contributed by atoms with Crippen molar-refractivity contribution in [2.24, 2.45) is 5.92 Å². The summed E-state index contributed by atoms with van der Waals surface area (Å²) < 4.78 is 5.97. The predicted molar refractivity (Wildman–Crippen MR) is 72.9 cm³/mol. The lowest BCUT2D eigenvalue weighted by Gasteiger charge is -2.32. The molecule has 1 heterocycles. The Labute approximate surface area is 107 Å². The molecule has 1 aliphatic rings. The number of likely N-dealkylation sites (tertiary alicyclic amines) is 1. The van der Waals surface area contributed by atoms with E-state index in [1.165, 1.54) is 26.1 Å². The number of rotatable bonds is 4. The standard InChI is InChI=1S/C15H27NO/c1-5-10-16-11-8-15(9-12-16)17-14(4)7-6-13(2)3/h13-15H,5,8-12H2,1-4H3/t14-/m1/s1. The molecule has 1 saturated heterocycles. The average Bonchev–Trinajstić information content (AvgIpc) is 2.29. The highest BCUT2D eigenvalue weighted by Gasteiger charge is 2.20. The van der Waals surface area contributed by atoms with Gasteiger partial charge in [0.1, 0.15) is 6.10 Å². The lowest BCUT2D eigenvalue weighted by molar-refractivity contribution is -0.0118. The molecule has 1 atom stereocenters. The molecule has 0 bridgehead atoms. The van der Waals surface area contributed by atoms with Gasteiger partial charge >= 0.3 is 0 Å². The highest BCUT2D eigenvalue weighted by atomic mass is 16.5. The highest BCUT2D eigenvalue weighted by Crippen LogP contribution is 2.15. The van der Waals surface area contributed by atoms with Crippen LogP contribution in [0.3, 0.4) is 0 Å². The van der Waals surface area contributed by atoms with E-state index in [1.807, 2.05) is 0 Å². The molecule has 1 aliphatic heterocycles. The molecule has 0 radical (unpaired) electrons. The van der Waals surface area contributed by atoms with Crippen molar-refractivity contribution >= 4 is 0 Å². The van der Waals surface area contributed by atoms with Gasteiger partial charge in [-0.3, -0.25) is 0 Å². The van der Waals surface area contributed by atoms with E-state index in [2.05, 4.69) is 44.4 Å². The van der Waals surface area contributed by atoms with Gasteiger partial charge in [0.2, 0.25) is 0 Å². The highest BCUT2D eigenvalue weighted by molar-refractivity contribution is 5.05. The minimum atomic E-state index is 0.0834. The first-order valence-electron chi connectivity index (χ1n) is 7.00. The summed E-state index contributed by atoms with van der Waals surface area (Å²) in [5.74, 6) is 6.80. The van der Waals surface area contributed by atoms with Gasteiger partial charge in [0.15, 0.2) is 0 Å². The Bertz CT molecular complexity index is 256. The molecule has 0 unspecified atom stereocenters. The zero-order valence-corrected chi connectivity index (χ0v) is 11.8. The molecule has 98 valence electrons. The summed E-state index contributed by atoms with van der Waals surface area (Å²) >= 11 is 0. The summed E-state index contributed by atoms with van der Waals surface area (Å²) in [6.07, 6.45) is 4.07. The lowest BCUT2D eigenvalue weighted by atomic mass is 10.1. The Morgan fingerprint density at radius 1 is 1.18 bits per heavy atom. The van der Waals surface area contributed by atoms with Crippen molar-refractivity contribution < 1.29 is 4.74 Å². The smallest absolute Gasteiger partial charge is 0.115 e. The molecular formula is C15H27NO. The average molecular weight is 237 g/mol. The fourth-order valence-electron chi connectivity index (χ4n) is 2.19. The van der Waals surface area contributed by atoms with E-state index < -0.39 is 0 Å². The third-order valence-electron chi connectivity index (χ3n) is 3.05. The zero-order chi connectivity index (χ0) is 12.7. The van der Waals surface area contributed by atoms with Gasteiger partial charge in [-0.15, -0.1) is 0 Å². The number of nitrogens with zero attached hydrogens (tertiary/aromatic N) is 1. The molecule has 0 aromatic heterocycles. The number of ether oxygens (including phenoxy) is 1. The van der Waals surface area contributed by atoms with Gasteiger partial charge in [0.25, 0.3) is 0 Å². The van der Waals surface area contributed by atoms with Crippen LogP contribution in [-0.2, 0) is 4.74 Å². The SMILES string of the molecule is CCCN1CCC(O[C@H](C)C#CC(C)C)CC1. The lowest BCUT2D eigenvalue weighted by Crippen LogP contribution is -2.38. The minimum Gasteiger partial charge on any atom is -0.362 e. The van der Waals surface area contributed by atoms with Crippen molar-refractivity contribution in [3.05, 3.63) is 0 Å². The maximum absolute atomic E-state index is 5.97. The quantitative estimate of drug-likeness (QED) is 0.697. The maximum Gasteiger partial charge on any atom is 0.115 e. The van der Waals surface area contributed by atoms with Crippen LogP contribution in [0.4, 0.5) is 0 Å². The minimum absolute atomic E-state index is 0.0834. The van der Waals surface area contributed by atoms with E-state index in [9.17, 15) is 0 Å². The molecule has 17 heavy (non-hydrogen) atoms. The predicted octanol–water partition coefficient (Wildman–Crippen LogP) is 2.93. The van der Waals surface area contributed by atoms with Crippen LogP contribution in [-0.4, -0.2) is 36.7 Å². The second-order valence-corrected chi connectivity index (χ2v) is 5.26. The summed E-state index contributed by atoms with van der Waals surface area (Å²) in [4.78, 5) is 2.53. The summed E-state index contributed by atoms with van der Waals surface area (Å²) in [5.41, 5.74) is 0. The Kier molecular flexibility index (Phi) is 6.62. The van der Waals surface area contributed by atoms with E-state index >= 15 is 0 Å². The van der Waals surface area contributed by atoms with Gasteiger partial charge in [-0.05, 0) is 32.7 Å². The van der Waals surface area contributed by atoms with Gasteiger partial charge in [-0.1, -0.05) is 32.6 Å². The van der Waals surface area contributed by atoms with Crippen molar-refractivity contribution in [3.63, 3.8) is 0 Å². The molecule has 0 N–H and O–H groups in total. The molecule has 0 amide bonds. The molecule has 2 nitrogen and oxygen atoms in total. The molecule has 0 aliphatic carbocycles. The first-order chi connectivity index (χ1) is 8.11. The van der Waals surface area contributed by atoms with Crippen molar-refractivity contribution in [3.8, 4) is 11.8 Å². The van der Waals surface area contributed by atoms with Gasteiger partial charge in [-0.2, -0.15) is 0 Å². The van der Waals surface area contributed by atoms with Crippen LogP contribution in [0.1, 0.15) is 47.0 Å². The second kappa shape index (κ2) is 7.74. The summed E-state index contributed by atoms with van der Waals surface area (Å²) in [7, 11) is 0. The van der Waals surface area contributed by atoms with E-state index in [-0.39, 0.29) is 6.10 Å². The fraction of sp³-hybridized carbons (Fsp3) is 0.867. The van der Waals surface area contributed by atoms with E-state index in [0.29, 0.717) is 12.0 Å². The van der Waals surface area contributed by atoms with Crippen molar-refractivity contribution in [1.29, 1.82) is 0 Å². The monoisotopic (exact) mass is 237 g/mol. The number of piperidine rings is 1. The van der Waals surface area contributed by atoms with Crippen molar-refractivity contribution in [2.45, 2.75) is 59.2 Å². The largest absolute Gasteiger partial charge is 0.362 e. The third-order valence-corrected chi connectivity index (χ3v) is 3.05. The first-order valence-corrected chi connectivity index (χ1v) is 7.00. The summed E-state index contributed by atoms with van der Waals surface area (Å²) in [6, 6.07) is 0. The number of hydrogen-bond donors (Lipinski definition) is 0. The van der Waals surface area contributed by atoms with Crippen LogP contribution in [0, 0.1) is 17.8 Å². The molecule has 0 aromatic rings. The second-order valence-electron chi connectivity index (χ2n) is 5.26. The molecule has 0 saturated carbocycles. The van der Waals surface area contributed by atoms with Gasteiger partial charge in [0.05, 0.1) is 6.10 Å². The molecule has 2 heteroatoms. The third kappa shape index (κ3) is 6.10. The Balaban J connectivity index is 2.24. The normalized spacial score (nSPS) is 20.1. The van der Waals surface area contributed by atoms with Gasteiger partial charge in [-0.25, -0.2) is 0 Å². The maximum atomic E-state index is 5.97. The van der Waals surface area contributed by atoms with Crippen molar-refractivity contribution in [2.75, 3.05) is 19.6 Å². The van der Waals surface area contributed by atoms with Crippen LogP contribution < -0.4 is 0 Å². The van der Waals surface area contributed by atoms with Gasteiger partial charge < -0.3 is 9.64 Å². The summed E-state index contributed by atoms with van der Waals surface area (Å²) in [5, 5.41) is 0. The first kappa shape index (κ1) is 14.5. The Morgan fingerprint density at radius 2 is 1.82 bits per heavy atom. The number of hydrogen-bond acceptors (Lipinski definition) is 2. The van der Waals surface area contributed by atoms with Crippen LogP contribution in [0.5, 0.6) is 0 Å². The molecule has 0 spiro atoms. The topological polar surface area (TPSA) is 12.5 Å². The van der Waals surface area contributed by atoms with E-state index in [0.717, 1.165) is 12.8 Å². The van der Waals surface area contributed by atoms with Crippen LogP contribution in [0.25, 0.3) is 0 Å². The fourth-order valence-corrected chi connectivity index (χ4v) is 2.19. The van der Waals surface area contributed by atoms with Crippen LogP contribution in [0.15, 0.2) is 0 Å². The Hall–Kier alpha value is -0.520. The van der Waals surface area contributed by atoms with E-state index in [1.54, 1.807) is 0 Å². The molecule has 1 rings (SSSR count). The van der Waals surface area contributed by atoms with Crippen molar-refractivity contribution in [1.82, 2.24) is 4.90 Å². The molecular weight excluding hydrogens is 210 g/mol. The molecule has 1 fully saturated rings.